The minimum absolute atomic E-state index is 0.346. The van der Waals surface area contributed by atoms with Crippen LogP contribution in [-0.2, 0) is 11.3 Å². The van der Waals surface area contributed by atoms with Crippen molar-refractivity contribution < 1.29 is 4.74 Å². The van der Waals surface area contributed by atoms with Gasteiger partial charge in [0.05, 0.1) is 11.5 Å². The van der Waals surface area contributed by atoms with Crippen LogP contribution in [0.4, 0.5) is 0 Å². The second-order valence-electron chi connectivity index (χ2n) is 6.10. The van der Waals surface area contributed by atoms with Crippen molar-refractivity contribution in [2.75, 3.05) is 0 Å². The highest BCUT2D eigenvalue weighted by atomic mass is 35.5. The molecule has 2 heterocycles. The van der Waals surface area contributed by atoms with E-state index in [9.17, 15) is 0 Å². The van der Waals surface area contributed by atoms with E-state index in [-0.39, 0.29) is 0 Å². The number of fused-ring (bicyclic) bond motifs is 1. The maximum absolute atomic E-state index is 6.33. The first-order valence-electron chi connectivity index (χ1n) is 7.58. The molecule has 0 bridgehead atoms. The molecule has 0 aromatic carbocycles. The zero-order valence-electron chi connectivity index (χ0n) is 12.8. The van der Waals surface area contributed by atoms with Gasteiger partial charge < -0.3 is 4.74 Å². The molecule has 0 amide bonds. The van der Waals surface area contributed by atoms with Gasteiger partial charge in [0, 0.05) is 4.88 Å². The highest BCUT2D eigenvalue weighted by molar-refractivity contribution is 7.18. The average Bonchev–Trinajstić information content (AvgIpc) is 2.72. The molecule has 1 aliphatic carbocycles. The molecule has 5 heteroatoms. The van der Waals surface area contributed by atoms with Crippen LogP contribution in [0.2, 0.25) is 5.15 Å². The van der Waals surface area contributed by atoms with Gasteiger partial charge in [-0.2, -0.15) is 0 Å². The van der Waals surface area contributed by atoms with E-state index in [1.165, 1.54) is 23.3 Å². The highest BCUT2D eigenvalue weighted by Crippen LogP contribution is 2.33. The Kier molecular flexibility index (Phi) is 4.48. The van der Waals surface area contributed by atoms with Gasteiger partial charge in [0.2, 0.25) is 0 Å². The normalized spacial score (nSPS) is 22.9. The summed E-state index contributed by atoms with van der Waals surface area (Å²) >= 11 is 8.00. The Balaban J connectivity index is 1.75. The van der Waals surface area contributed by atoms with Crippen LogP contribution in [0.15, 0.2) is 0 Å². The largest absolute Gasteiger partial charge is 0.370 e. The van der Waals surface area contributed by atoms with Crippen molar-refractivity contribution in [2.24, 2.45) is 5.92 Å². The Morgan fingerprint density at radius 3 is 2.86 bits per heavy atom. The van der Waals surface area contributed by atoms with Crippen molar-refractivity contribution in [1.29, 1.82) is 0 Å². The molecule has 1 fully saturated rings. The molecular formula is C16H21ClN2OS. The van der Waals surface area contributed by atoms with Gasteiger partial charge in [-0.15, -0.1) is 11.3 Å². The summed E-state index contributed by atoms with van der Waals surface area (Å²) in [6.45, 7) is 6.93. The van der Waals surface area contributed by atoms with Gasteiger partial charge >= 0.3 is 0 Å². The van der Waals surface area contributed by atoms with Gasteiger partial charge in [-0.25, -0.2) is 9.97 Å². The Morgan fingerprint density at radius 1 is 1.29 bits per heavy atom. The predicted molar refractivity (Wildman–Crippen MR) is 88.1 cm³/mol. The average molecular weight is 325 g/mol. The van der Waals surface area contributed by atoms with Crippen molar-refractivity contribution in [3.8, 4) is 0 Å². The molecule has 0 saturated heterocycles. The van der Waals surface area contributed by atoms with Crippen molar-refractivity contribution in [3.05, 3.63) is 21.4 Å². The first-order valence-corrected chi connectivity index (χ1v) is 8.77. The van der Waals surface area contributed by atoms with Crippen LogP contribution >= 0.6 is 22.9 Å². The molecule has 2 aromatic heterocycles. The fraction of sp³-hybridized carbons (Fsp3) is 0.625. The Labute approximate surface area is 134 Å². The lowest BCUT2D eigenvalue weighted by Gasteiger charge is -2.26. The highest BCUT2D eigenvalue weighted by Gasteiger charge is 2.20. The maximum Gasteiger partial charge on any atom is 0.157 e. The van der Waals surface area contributed by atoms with E-state index in [4.69, 9.17) is 16.3 Å². The van der Waals surface area contributed by atoms with Gasteiger partial charge in [0.25, 0.3) is 0 Å². The van der Waals surface area contributed by atoms with Crippen LogP contribution < -0.4 is 0 Å². The minimum atomic E-state index is 0.346. The van der Waals surface area contributed by atoms with Gasteiger partial charge in [0.1, 0.15) is 16.6 Å². The van der Waals surface area contributed by atoms with Crippen LogP contribution in [-0.4, -0.2) is 16.1 Å². The van der Waals surface area contributed by atoms with Crippen molar-refractivity contribution >= 4 is 33.2 Å². The summed E-state index contributed by atoms with van der Waals surface area (Å²) in [6.07, 6.45) is 5.22. The number of ether oxygens (including phenoxy) is 1. The van der Waals surface area contributed by atoms with Gasteiger partial charge in [-0.05, 0) is 38.2 Å². The number of aromatic nitrogens is 2. The molecule has 0 spiro atoms. The van der Waals surface area contributed by atoms with Crippen LogP contribution in [0.25, 0.3) is 10.2 Å². The fourth-order valence-electron chi connectivity index (χ4n) is 3.03. The second kappa shape index (κ2) is 6.19. The zero-order chi connectivity index (χ0) is 15.0. The number of halogens is 1. The Morgan fingerprint density at radius 2 is 2.10 bits per heavy atom. The summed E-state index contributed by atoms with van der Waals surface area (Å²) in [5, 5.41) is 1.55. The first-order chi connectivity index (χ1) is 10.0. The maximum atomic E-state index is 6.33. The third-order valence-electron chi connectivity index (χ3n) is 4.37. The van der Waals surface area contributed by atoms with Crippen LogP contribution in [0.1, 0.15) is 48.9 Å². The number of hydrogen-bond donors (Lipinski definition) is 0. The lowest BCUT2D eigenvalue weighted by Crippen LogP contribution is -2.21. The van der Waals surface area contributed by atoms with E-state index >= 15 is 0 Å². The molecule has 2 aromatic rings. The van der Waals surface area contributed by atoms with Gasteiger partial charge in [-0.1, -0.05) is 31.4 Å². The molecule has 1 aliphatic rings. The molecule has 2 atom stereocenters. The summed E-state index contributed by atoms with van der Waals surface area (Å²) in [5.74, 6) is 1.46. The quantitative estimate of drug-likeness (QED) is 0.740. The summed E-state index contributed by atoms with van der Waals surface area (Å²) in [6, 6.07) is 0. The lowest BCUT2D eigenvalue weighted by molar-refractivity contribution is 0.00175. The molecule has 0 N–H and O–H groups in total. The smallest absolute Gasteiger partial charge is 0.157 e. The summed E-state index contributed by atoms with van der Waals surface area (Å²) in [5.41, 5.74) is 1.19. The molecule has 21 heavy (non-hydrogen) atoms. The minimum Gasteiger partial charge on any atom is -0.370 e. The standard InChI is InChI=1S/C16H21ClN2OS/c1-9-5-4-6-12(7-9)20-8-13-18-15(17)14-10(2)11(3)21-16(14)19-13/h9,12H,4-8H2,1-3H3. The van der Waals surface area contributed by atoms with Crippen LogP contribution in [0.3, 0.4) is 0 Å². The topological polar surface area (TPSA) is 35.0 Å². The van der Waals surface area contributed by atoms with E-state index < -0.39 is 0 Å². The number of rotatable bonds is 3. The zero-order valence-corrected chi connectivity index (χ0v) is 14.4. The summed E-state index contributed by atoms with van der Waals surface area (Å²) in [4.78, 5) is 11.3. The molecule has 0 aliphatic heterocycles. The Bertz CT molecular complexity index is 655. The third-order valence-corrected chi connectivity index (χ3v) is 5.74. The lowest BCUT2D eigenvalue weighted by atomic mass is 9.89. The van der Waals surface area contributed by atoms with Crippen LogP contribution in [0.5, 0.6) is 0 Å². The molecule has 2 unspecified atom stereocenters. The molecule has 0 radical (unpaired) electrons. The van der Waals surface area contributed by atoms with Crippen LogP contribution in [0, 0.1) is 19.8 Å². The molecule has 1 saturated carbocycles. The number of nitrogens with zero attached hydrogens (tertiary/aromatic N) is 2. The molecule has 3 nitrogen and oxygen atoms in total. The van der Waals surface area contributed by atoms with Crippen molar-refractivity contribution in [1.82, 2.24) is 9.97 Å². The summed E-state index contributed by atoms with van der Waals surface area (Å²) in [7, 11) is 0. The predicted octanol–water partition coefficient (Wildman–Crippen LogP) is 5.06. The Hall–Kier alpha value is -0.710. The number of hydrogen-bond acceptors (Lipinski definition) is 4. The first kappa shape index (κ1) is 15.2. The third kappa shape index (κ3) is 3.22. The SMILES string of the molecule is Cc1sc2nc(COC3CCCC(C)C3)nc(Cl)c2c1C. The number of thiophene rings is 1. The van der Waals surface area contributed by atoms with E-state index in [2.05, 4.69) is 30.7 Å². The summed E-state index contributed by atoms with van der Waals surface area (Å²) < 4.78 is 6.00. The van der Waals surface area contributed by atoms with E-state index in [1.807, 2.05) is 0 Å². The molecule has 3 rings (SSSR count). The van der Waals surface area contributed by atoms with E-state index in [1.54, 1.807) is 11.3 Å². The molecular weight excluding hydrogens is 304 g/mol. The number of aryl methyl sites for hydroxylation is 2. The molecule has 114 valence electrons. The van der Waals surface area contributed by atoms with E-state index in [0.717, 1.165) is 29.0 Å². The second-order valence-corrected chi connectivity index (χ2v) is 7.66. The van der Waals surface area contributed by atoms with Crippen molar-refractivity contribution in [2.45, 2.75) is 59.2 Å². The monoisotopic (exact) mass is 324 g/mol. The van der Waals surface area contributed by atoms with Gasteiger partial charge in [0.15, 0.2) is 5.82 Å². The fourth-order valence-corrected chi connectivity index (χ4v) is 4.46. The van der Waals surface area contributed by atoms with Crippen molar-refractivity contribution in [3.63, 3.8) is 0 Å². The van der Waals surface area contributed by atoms with Gasteiger partial charge in [-0.3, -0.25) is 0 Å². The van der Waals surface area contributed by atoms with E-state index in [0.29, 0.717) is 23.7 Å².